The molecule has 1 N–H and O–H groups in total. The fourth-order valence-electron chi connectivity index (χ4n) is 1.70. The largest absolute Gasteiger partial charge is 0.382 e. The van der Waals surface area contributed by atoms with Gasteiger partial charge in [0.25, 0.3) is 0 Å². The summed E-state index contributed by atoms with van der Waals surface area (Å²) in [6.07, 6.45) is 2.25. The zero-order valence-corrected chi connectivity index (χ0v) is 8.51. The lowest BCUT2D eigenvalue weighted by atomic mass is 9.97. The number of hydrogen-bond donors (Lipinski definition) is 1. The Hall–Kier alpha value is -0.380. The summed E-state index contributed by atoms with van der Waals surface area (Å²) in [5.74, 6) is 0.408. The molecule has 13 heavy (non-hydrogen) atoms. The third kappa shape index (κ3) is 1.64. The summed E-state index contributed by atoms with van der Waals surface area (Å²) in [5, 5.41) is 12.4. The summed E-state index contributed by atoms with van der Waals surface area (Å²) in [6, 6.07) is 3.96. The van der Waals surface area contributed by atoms with Gasteiger partial charge >= 0.3 is 0 Å². The first kappa shape index (κ1) is 9.19. The minimum absolute atomic E-state index is 0.408. The number of rotatable bonds is 4. The molecular weight excluding hydrogens is 184 g/mol. The molecule has 2 rings (SSSR count). The van der Waals surface area contributed by atoms with Gasteiger partial charge in [0.05, 0.1) is 6.61 Å². The van der Waals surface area contributed by atoms with E-state index in [0.717, 1.165) is 17.7 Å². The highest BCUT2D eigenvalue weighted by Crippen LogP contribution is 2.47. The lowest BCUT2D eigenvalue weighted by Gasteiger charge is -2.25. The first-order valence-electron chi connectivity index (χ1n) is 4.52. The molecule has 0 bridgehead atoms. The second-order valence-corrected chi connectivity index (χ2v) is 4.56. The molecule has 0 aromatic carbocycles. The highest BCUT2D eigenvalue weighted by atomic mass is 32.1. The fraction of sp³-hybridized carbons (Fsp3) is 0.600. The van der Waals surface area contributed by atoms with Crippen LogP contribution in [0.3, 0.4) is 0 Å². The van der Waals surface area contributed by atoms with Gasteiger partial charge in [-0.3, -0.25) is 0 Å². The Labute approximate surface area is 82.2 Å². The van der Waals surface area contributed by atoms with Crippen LogP contribution in [0.25, 0.3) is 0 Å². The lowest BCUT2D eigenvalue weighted by Crippen LogP contribution is -2.32. The molecule has 0 saturated heterocycles. The van der Waals surface area contributed by atoms with Crippen LogP contribution in [-0.2, 0) is 10.3 Å². The van der Waals surface area contributed by atoms with Gasteiger partial charge in [-0.1, -0.05) is 6.07 Å². The standard InChI is InChI=1S/C10H14O2S/c1-12-7-10(11,8-4-5-8)9-3-2-6-13-9/h2-3,6,8,11H,4-5,7H2,1H3. The predicted octanol–water partition coefficient (Wildman–Crippen LogP) is 1.99. The van der Waals surface area contributed by atoms with Crippen LogP contribution >= 0.6 is 11.3 Å². The highest BCUT2D eigenvalue weighted by molar-refractivity contribution is 7.10. The summed E-state index contributed by atoms with van der Waals surface area (Å²) in [5.41, 5.74) is -0.719. The van der Waals surface area contributed by atoms with Crippen LogP contribution in [0.4, 0.5) is 0 Å². The first-order chi connectivity index (χ1) is 6.27. The van der Waals surface area contributed by atoms with Crippen LogP contribution in [0, 0.1) is 5.92 Å². The number of methoxy groups -OCH3 is 1. The molecule has 1 aliphatic rings. The molecule has 72 valence electrons. The second kappa shape index (κ2) is 3.40. The Bertz CT molecular complexity index is 266. The number of aliphatic hydroxyl groups is 1. The average Bonchev–Trinajstić information content (AvgIpc) is 2.82. The maximum Gasteiger partial charge on any atom is 0.125 e. The SMILES string of the molecule is COCC(O)(c1cccs1)C1CC1. The smallest absolute Gasteiger partial charge is 0.125 e. The Morgan fingerprint density at radius 3 is 2.92 bits per heavy atom. The maximum absolute atomic E-state index is 10.4. The molecule has 1 saturated carbocycles. The summed E-state index contributed by atoms with van der Waals surface area (Å²) < 4.78 is 5.09. The topological polar surface area (TPSA) is 29.5 Å². The van der Waals surface area contributed by atoms with E-state index in [4.69, 9.17) is 4.74 Å². The monoisotopic (exact) mass is 198 g/mol. The molecule has 1 aliphatic carbocycles. The van der Waals surface area contributed by atoms with E-state index in [2.05, 4.69) is 0 Å². The van der Waals surface area contributed by atoms with Crippen molar-refractivity contribution in [2.75, 3.05) is 13.7 Å². The summed E-state index contributed by atoms with van der Waals surface area (Å²) in [4.78, 5) is 1.04. The third-order valence-electron chi connectivity index (χ3n) is 2.56. The van der Waals surface area contributed by atoms with Crippen molar-refractivity contribution < 1.29 is 9.84 Å². The summed E-state index contributed by atoms with van der Waals surface area (Å²) in [7, 11) is 1.64. The molecular formula is C10H14O2S. The zero-order valence-electron chi connectivity index (χ0n) is 7.69. The fourth-order valence-corrected chi connectivity index (χ4v) is 2.59. The predicted molar refractivity (Wildman–Crippen MR) is 52.8 cm³/mol. The first-order valence-corrected chi connectivity index (χ1v) is 5.40. The van der Waals surface area contributed by atoms with Crippen molar-refractivity contribution >= 4 is 11.3 Å². The van der Waals surface area contributed by atoms with Crippen LogP contribution in [0.1, 0.15) is 17.7 Å². The Balaban J connectivity index is 2.22. The molecule has 0 amide bonds. The third-order valence-corrected chi connectivity index (χ3v) is 3.60. The van der Waals surface area contributed by atoms with Crippen molar-refractivity contribution in [3.05, 3.63) is 22.4 Å². The minimum Gasteiger partial charge on any atom is -0.382 e. The zero-order chi connectivity index (χ0) is 9.31. The number of ether oxygens (including phenoxy) is 1. The van der Waals surface area contributed by atoms with E-state index in [1.54, 1.807) is 18.4 Å². The Kier molecular flexibility index (Phi) is 2.41. The molecule has 0 spiro atoms. The van der Waals surface area contributed by atoms with Crippen molar-refractivity contribution in [1.82, 2.24) is 0 Å². The second-order valence-electron chi connectivity index (χ2n) is 3.61. The van der Waals surface area contributed by atoms with Crippen LogP contribution < -0.4 is 0 Å². The van der Waals surface area contributed by atoms with Gasteiger partial charge in [-0.05, 0) is 30.2 Å². The molecule has 1 heterocycles. The molecule has 1 atom stereocenters. The van der Waals surface area contributed by atoms with Crippen LogP contribution in [0.2, 0.25) is 0 Å². The van der Waals surface area contributed by atoms with Crippen molar-refractivity contribution in [3.63, 3.8) is 0 Å². The summed E-state index contributed by atoms with van der Waals surface area (Å²) in [6.45, 7) is 0.415. The van der Waals surface area contributed by atoms with Gasteiger partial charge in [0, 0.05) is 12.0 Å². The molecule has 3 heteroatoms. The van der Waals surface area contributed by atoms with Crippen molar-refractivity contribution in [3.8, 4) is 0 Å². The van der Waals surface area contributed by atoms with Crippen molar-refractivity contribution in [2.24, 2.45) is 5.92 Å². The molecule has 0 aliphatic heterocycles. The van der Waals surface area contributed by atoms with Gasteiger partial charge in [0.2, 0.25) is 0 Å². The van der Waals surface area contributed by atoms with E-state index in [9.17, 15) is 5.11 Å². The molecule has 0 radical (unpaired) electrons. The number of thiophene rings is 1. The van der Waals surface area contributed by atoms with Crippen molar-refractivity contribution in [2.45, 2.75) is 18.4 Å². The average molecular weight is 198 g/mol. The van der Waals surface area contributed by atoms with E-state index >= 15 is 0 Å². The normalized spacial score (nSPS) is 21.4. The number of hydrogen-bond acceptors (Lipinski definition) is 3. The summed E-state index contributed by atoms with van der Waals surface area (Å²) >= 11 is 1.61. The van der Waals surface area contributed by atoms with E-state index < -0.39 is 5.60 Å². The van der Waals surface area contributed by atoms with Crippen LogP contribution in [0.5, 0.6) is 0 Å². The van der Waals surface area contributed by atoms with Gasteiger partial charge in [0.15, 0.2) is 0 Å². The van der Waals surface area contributed by atoms with E-state index in [-0.39, 0.29) is 0 Å². The molecule has 1 unspecified atom stereocenters. The minimum atomic E-state index is -0.719. The molecule has 1 aromatic rings. The lowest BCUT2D eigenvalue weighted by molar-refractivity contribution is -0.0505. The highest BCUT2D eigenvalue weighted by Gasteiger charge is 2.45. The van der Waals surface area contributed by atoms with Crippen LogP contribution in [-0.4, -0.2) is 18.8 Å². The van der Waals surface area contributed by atoms with Gasteiger partial charge in [0.1, 0.15) is 5.60 Å². The quantitative estimate of drug-likeness (QED) is 0.801. The van der Waals surface area contributed by atoms with E-state index in [1.807, 2.05) is 17.5 Å². The van der Waals surface area contributed by atoms with Gasteiger partial charge in [-0.2, -0.15) is 0 Å². The van der Waals surface area contributed by atoms with Gasteiger partial charge in [-0.15, -0.1) is 11.3 Å². The maximum atomic E-state index is 10.4. The van der Waals surface area contributed by atoms with Gasteiger partial charge in [-0.25, -0.2) is 0 Å². The van der Waals surface area contributed by atoms with Gasteiger partial charge < -0.3 is 9.84 Å². The molecule has 1 aromatic heterocycles. The molecule has 2 nitrogen and oxygen atoms in total. The Morgan fingerprint density at radius 2 is 2.46 bits per heavy atom. The van der Waals surface area contributed by atoms with Crippen LogP contribution in [0.15, 0.2) is 17.5 Å². The van der Waals surface area contributed by atoms with E-state index in [1.165, 1.54) is 0 Å². The van der Waals surface area contributed by atoms with E-state index in [0.29, 0.717) is 12.5 Å². The Morgan fingerprint density at radius 1 is 1.69 bits per heavy atom. The molecule has 1 fully saturated rings. The van der Waals surface area contributed by atoms with Crippen molar-refractivity contribution in [1.29, 1.82) is 0 Å².